The zero-order valence-electron chi connectivity index (χ0n) is 15.5. The highest BCUT2D eigenvalue weighted by Gasteiger charge is 2.13. The molecule has 0 bridgehead atoms. The molecule has 2 rings (SSSR count). The van der Waals surface area contributed by atoms with Crippen molar-refractivity contribution in [2.75, 3.05) is 0 Å². The minimum Gasteiger partial charge on any atom is -0.303 e. The molecule has 0 heterocycles. The summed E-state index contributed by atoms with van der Waals surface area (Å²) in [6.45, 7) is 0. The predicted octanol–water partition coefficient (Wildman–Crippen LogP) is 6.39. The number of nitro groups is 1. The molecule has 0 atom stereocenters. The molecule has 140 valence electrons. The molecule has 2 aromatic carbocycles. The van der Waals surface area contributed by atoms with Gasteiger partial charge in [-0.2, -0.15) is 0 Å². The van der Waals surface area contributed by atoms with Crippen LogP contribution in [0.3, 0.4) is 0 Å². The van der Waals surface area contributed by atoms with Crippen LogP contribution >= 0.6 is 0 Å². The van der Waals surface area contributed by atoms with Crippen molar-refractivity contribution in [3.05, 3.63) is 52.1 Å². The highest BCUT2D eigenvalue weighted by atomic mass is 16.6. The Kier molecular flexibility index (Phi) is 8.81. The van der Waals surface area contributed by atoms with Crippen LogP contribution in [0, 0.1) is 10.1 Å². The minimum absolute atomic E-state index is 0.192. The van der Waals surface area contributed by atoms with Gasteiger partial charge < -0.3 is 4.79 Å². The number of unbranched alkanes of at least 4 members (excludes halogenated alkanes) is 9. The Labute approximate surface area is 155 Å². The first-order valence-electron chi connectivity index (χ1n) is 9.82. The van der Waals surface area contributed by atoms with E-state index in [2.05, 4.69) is 0 Å². The normalized spacial score (nSPS) is 10.9. The molecule has 0 spiro atoms. The third-order valence-corrected chi connectivity index (χ3v) is 4.96. The fraction of sp³-hybridized carbons (Fsp3) is 0.500. The topological polar surface area (TPSA) is 60.2 Å². The number of non-ortho nitro benzene ring substituents is 1. The summed E-state index contributed by atoms with van der Waals surface area (Å²) in [6.07, 6.45) is 13.5. The number of carbonyl (C=O) groups excluding carboxylic acids is 1. The Morgan fingerprint density at radius 3 is 1.96 bits per heavy atom. The number of rotatable bonds is 13. The van der Waals surface area contributed by atoms with Crippen LogP contribution in [-0.2, 0) is 11.2 Å². The van der Waals surface area contributed by atoms with Gasteiger partial charge in [-0.3, -0.25) is 10.1 Å². The lowest BCUT2D eigenvalue weighted by Crippen LogP contribution is -1.93. The lowest BCUT2D eigenvalue weighted by molar-refractivity contribution is -0.383. The third kappa shape index (κ3) is 6.25. The van der Waals surface area contributed by atoms with Crippen molar-refractivity contribution in [3.63, 3.8) is 0 Å². The molecule has 0 aromatic heterocycles. The second kappa shape index (κ2) is 11.4. The summed E-state index contributed by atoms with van der Waals surface area (Å²) >= 11 is 0. The average Bonchev–Trinajstić information content (AvgIpc) is 2.65. The molecule has 4 heteroatoms. The Morgan fingerprint density at radius 2 is 1.35 bits per heavy atom. The summed E-state index contributed by atoms with van der Waals surface area (Å²) in [4.78, 5) is 21.1. The summed E-state index contributed by atoms with van der Waals surface area (Å²) in [7, 11) is 0. The Hall–Kier alpha value is -2.23. The first-order chi connectivity index (χ1) is 12.7. The molecular weight excluding hydrogens is 326 g/mol. The molecule has 0 saturated carbocycles. The zero-order chi connectivity index (χ0) is 18.6. The SMILES string of the molecule is O=CCCCCCCCCCCCc1ccc([N+](=O)[O-])c2ccccc12. The van der Waals surface area contributed by atoms with Crippen LogP contribution in [0.15, 0.2) is 36.4 Å². The summed E-state index contributed by atoms with van der Waals surface area (Å²) in [5, 5.41) is 12.9. The predicted molar refractivity (Wildman–Crippen MR) is 107 cm³/mol. The van der Waals surface area contributed by atoms with Crippen LogP contribution in [0.5, 0.6) is 0 Å². The van der Waals surface area contributed by atoms with Crippen LogP contribution in [0.2, 0.25) is 0 Å². The first-order valence-corrected chi connectivity index (χ1v) is 9.82. The molecule has 0 aliphatic carbocycles. The lowest BCUT2D eigenvalue weighted by atomic mass is 9.98. The van der Waals surface area contributed by atoms with Gasteiger partial charge in [0.25, 0.3) is 5.69 Å². The fourth-order valence-electron chi connectivity index (χ4n) is 3.50. The standard InChI is InChI=1S/C22H29NO3/c24-18-12-8-6-4-2-1-3-5-7-9-13-19-16-17-22(23(25)26)21-15-11-10-14-20(19)21/h10-11,14-18H,1-9,12-13H2. The van der Waals surface area contributed by atoms with Gasteiger partial charge in [-0.25, -0.2) is 0 Å². The van der Waals surface area contributed by atoms with Crippen molar-refractivity contribution in [1.29, 1.82) is 0 Å². The maximum Gasteiger partial charge on any atom is 0.277 e. The van der Waals surface area contributed by atoms with Crippen LogP contribution in [0.25, 0.3) is 10.8 Å². The molecule has 0 unspecified atom stereocenters. The highest BCUT2D eigenvalue weighted by molar-refractivity contribution is 5.93. The van der Waals surface area contributed by atoms with Crippen LogP contribution in [0.1, 0.15) is 69.8 Å². The van der Waals surface area contributed by atoms with Crippen molar-refractivity contribution in [2.45, 2.75) is 70.6 Å². The number of hydrogen-bond donors (Lipinski definition) is 0. The molecule has 0 fully saturated rings. The van der Waals surface area contributed by atoms with Gasteiger partial charge in [0, 0.05) is 12.5 Å². The van der Waals surface area contributed by atoms with E-state index in [0.717, 1.165) is 36.3 Å². The van der Waals surface area contributed by atoms with E-state index in [9.17, 15) is 14.9 Å². The second-order valence-corrected chi connectivity index (χ2v) is 6.93. The number of aryl methyl sites for hydroxylation is 1. The van der Waals surface area contributed by atoms with Gasteiger partial charge in [-0.1, -0.05) is 69.2 Å². The monoisotopic (exact) mass is 355 g/mol. The van der Waals surface area contributed by atoms with E-state index in [-0.39, 0.29) is 10.6 Å². The number of aldehydes is 1. The van der Waals surface area contributed by atoms with Gasteiger partial charge in [0.1, 0.15) is 6.29 Å². The largest absolute Gasteiger partial charge is 0.303 e. The molecule has 0 aliphatic rings. The van der Waals surface area contributed by atoms with Gasteiger partial charge in [0.05, 0.1) is 10.3 Å². The summed E-state index contributed by atoms with van der Waals surface area (Å²) in [5.74, 6) is 0. The van der Waals surface area contributed by atoms with E-state index in [4.69, 9.17) is 0 Å². The Balaban J connectivity index is 1.70. The molecule has 0 N–H and O–H groups in total. The Morgan fingerprint density at radius 1 is 0.769 bits per heavy atom. The first kappa shape index (κ1) is 20.1. The number of carbonyl (C=O) groups is 1. The van der Waals surface area contributed by atoms with Crippen molar-refractivity contribution in [3.8, 4) is 0 Å². The number of nitro benzene ring substituents is 1. The quantitative estimate of drug-likeness (QED) is 0.181. The zero-order valence-corrected chi connectivity index (χ0v) is 15.5. The Bertz CT molecular complexity index is 712. The van der Waals surface area contributed by atoms with Crippen LogP contribution in [0.4, 0.5) is 5.69 Å². The van der Waals surface area contributed by atoms with E-state index < -0.39 is 0 Å². The molecule has 2 aromatic rings. The van der Waals surface area contributed by atoms with Gasteiger partial charge in [0.2, 0.25) is 0 Å². The number of nitrogens with zero attached hydrogens (tertiary/aromatic N) is 1. The third-order valence-electron chi connectivity index (χ3n) is 4.96. The number of benzene rings is 2. The molecule has 26 heavy (non-hydrogen) atoms. The maximum atomic E-state index is 11.2. The second-order valence-electron chi connectivity index (χ2n) is 6.93. The van der Waals surface area contributed by atoms with Crippen molar-refractivity contribution in [2.24, 2.45) is 0 Å². The van der Waals surface area contributed by atoms with E-state index in [1.54, 1.807) is 6.07 Å². The number of fused-ring (bicyclic) bond motifs is 1. The summed E-state index contributed by atoms with van der Waals surface area (Å²) in [6, 6.07) is 11.2. The maximum absolute atomic E-state index is 11.2. The highest BCUT2D eigenvalue weighted by Crippen LogP contribution is 2.29. The average molecular weight is 355 g/mol. The number of hydrogen-bond acceptors (Lipinski definition) is 3. The minimum atomic E-state index is -0.301. The molecule has 0 saturated heterocycles. The molecule has 0 aliphatic heterocycles. The van der Waals surface area contributed by atoms with Gasteiger partial charge in [-0.15, -0.1) is 0 Å². The van der Waals surface area contributed by atoms with Gasteiger partial charge >= 0.3 is 0 Å². The molecule has 0 radical (unpaired) electrons. The smallest absolute Gasteiger partial charge is 0.277 e. The molecular formula is C22H29NO3. The summed E-state index contributed by atoms with van der Waals surface area (Å²) < 4.78 is 0. The van der Waals surface area contributed by atoms with Crippen molar-refractivity contribution < 1.29 is 9.72 Å². The van der Waals surface area contributed by atoms with Crippen molar-refractivity contribution >= 4 is 22.7 Å². The van der Waals surface area contributed by atoms with Crippen molar-refractivity contribution in [1.82, 2.24) is 0 Å². The fourth-order valence-corrected chi connectivity index (χ4v) is 3.50. The molecule has 0 amide bonds. The van der Waals surface area contributed by atoms with Crippen LogP contribution < -0.4 is 0 Å². The van der Waals surface area contributed by atoms with Gasteiger partial charge in [0.15, 0.2) is 0 Å². The van der Waals surface area contributed by atoms with E-state index in [0.29, 0.717) is 6.42 Å². The summed E-state index contributed by atoms with van der Waals surface area (Å²) in [5.41, 5.74) is 1.40. The van der Waals surface area contributed by atoms with E-state index in [1.807, 2.05) is 30.3 Å². The van der Waals surface area contributed by atoms with Gasteiger partial charge in [-0.05, 0) is 36.3 Å². The van der Waals surface area contributed by atoms with E-state index >= 15 is 0 Å². The lowest BCUT2D eigenvalue weighted by Gasteiger charge is -2.07. The van der Waals surface area contributed by atoms with Crippen LogP contribution in [-0.4, -0.2) is 11.2 Å². The van der Waals surface area contributed by atoms with E-state index in [1.165, 1.54) is 50.5 Å². The molecule has 4 nitrogen and oxygen atoms in total.